The molecule has 0 aromatic rings. The van der Waals surface area contributed by atoms with E-state index in [4.69, 9.17) is 0 Å². The standard InChI is InChI=1S/3Ag.2H2O.H2S.Sb/h;;;3*1H2;/q3*+1;;;;/p-3. The molecule has 0 fully saturated rings. The Labute approximate surface area is 114 Å². The molecule has 0 rings (SSSR count). The average molecular weight is 512 g/mol. The summed E-state index contributed by atoms with van der Waals surface area (Å²) in [6.45, 7) is 0. The van der Waals surface area contributed by atoms with E-state index in [0.717, 1.165) is 0 Å². The fourth-order valence-corrected chi connectivity index (χ4v) is 0. The zero-order chi connectivity index (χ0) is 0. The normalized spacial score (nSPS) is 0. The molecule has 0 heterocycles. The molecule has 0 amide bonds. The Morgan fingerprint density at radius 1 is 0.571 bits per heavy atom. The van der Waals surface area contributed by atoms with E-state index in [0.29, 0.717) is 0 Å². The van der Waals surface area contributed by atoms with Crippen LogP contribution in [0.4, 0.5) is 0 Å². The van der Waals surface area contributed by atoms with Gasteiger partial charge in [0.05, 0.1) is 0 Å². The second kappa shape index (κ2) is 58.7. The summed E-state index contributed by atoms with van der Waals surface area (Å²) >= 11 is 0. The van der Waals surface area contributed by atoms with Gasteiger partial charge in [0.1, 0.15) is 0 Å². The molecule has 2 N–H and O–H groups in total. The second-order valence-electron chi connectivity index (χ2n) is 0. The third-order valence-corrected chi connectivity index (χ3v) is 0. The SMILES string of the molecule is [Ag+].[Ag+].[Ag+].[OH-].[OH-].[SH-].[Sb]. The molecule has 0 aromatic carbocycles. The summed E-state index contributed by atoms with van der Waals surface area (Å²) in [5, 5.41) is 0. The fourth-order valence-electron chi connectivity index (χ4n) is 0. The maximum Gasteiger partial charge on any atom is 1.00 e. The van der Waals surface area contributed by atoms with Crippen molar-refractivity contribution in [1.29, 1.82) is 0 Å². The predicted molar refractivity (Wildman–Crippen MR) is 18.4 cm³/mol. The minimum absolute atomic E-state index is 0. The molecular formula is H3Ag3O2SSb. The summed E-state index contributed by atoms with van der Waals surface area (Å²) in [4.78, 5) is 0. The third kappa shape index (κ3) is 45.4. The molecule has 0 aliphatic carbocycles. The largest absolute Gasteiger partial charge is 1.00 e. The van der Waals surface area contributed by atoms with Crippen LogP contribution in [0.15, 0.2) is 0 Å². The van der Waals surface area contributed by atoms with Gasteiger partial charge in [-0.25, -0.2) is 0 Å². The van der Waals surface area contributed by atoms with Gasteiger partial charge in [-0.05, 0) is 0 Å². The molecule has 0 aromatic heterocycles. The first kappa shape index (κ1) is 81.6. The van der Waals surface area contributed by atoms with E-state index in [2.05, 4.69) is 0 Å². The van der Waals surface area contributed by atoms with Gasteiger partial charge in [0.25, 0.3) is 0 Å². The summed E-state index contributed by atoms with van der Waals surface area (Å²) in [6.07, 6.45) is 0. The Morgan fingerprint density at radius 2 is 0.571 bits per heavy atom. The Balaban J connectivity index is 0. The smallest absolute Gasteiger partial charge is 0.870 e. The molecule has 0 atom stereocenters. The third-order valence-electron chi connectivity index (χ3n) is 0. The Hall–Kier alpha value is 3.31. The van der Waals surface area contributed by atoms with Gasteiger partial charge in [-0.1, -0.05) is 0 Å². The van der Waals surface area contributed by atoms with Crippen LogP contribution in [0.25, 0.3) is 0 Å². The maximum atomic E-state index is 0. The minimum Gasteiger partial charge on any atom is -0.870 e. The molecular weight excluding hydrogens is 509 g/mol. The monoisotopic (exact) mass is 509 g/mol. The van der Waals surface area contributed by atoms with E-state index in [1.807, 2.05) is 0 Å². The van der Waals surface area contributed by atoms with E-state index in [1.54, 1.807) is 0 Å². The number of hydrogen-bond acceptors (Lipinski definition) is 3. The molecule has 3 radical (unpaired) electrons. The first-order chi connectivity index (χ1) is 0. The summed E-state index contributed by atoms with van der Waals surface area (Å²) in [5.74, 6) is 0. The topological polar surface area (TPSA) is 60.0 Å². The number of hydrogen-bond donors (Lipinski definition) is 0. The van der Waals surface area contributed by atoms with Crippen LogP contribution in [0.1, 0.15) is 0 Å². The van der Waals surface area contributed by atoms with Gasteiger partial charge < -0.3 is 24.4 Å². The van der Waals surface area contributed by atoms with Gasteiger partial charge in [0, 0.05) is 24.4 Å². The van der Waals surface area contributed by atoms with Crippen LogP contribution >= 0.6 is 0 Å². The fraction of sp³-hybridized carbons (Fsp3) is 0. The van der Waals surface area contributed by atoms with Crippen molar-refractivity contribution < 1.29 is 78.1 Å². The van der Waals surface area contributed by atoms with Crippen molar-refractivity contribution in [2.75, 3.05) is 0 Å². The van der Waals surface area contributed by atoms with Gasteiger partial charge in [0.2, 0.25) is 0 Å². The van der Waals surface area contributed by atoms with Crippen LogP contribution in [0, 0.1) is 0 Å². The minimum atomic E-state index is 0. The molecule has 0 unspecified atom stereocenters. The van der Waals surface area contributed by atoms with Crippen LogP contribution in [-0.2, 0) is 80.6 Å². The van der Waals surface area contributed by atoms with Gasteiger partial charge in [-0.15, -0.1) is 0 Å². The summed E-state index contributed by atoms with van der Waals surface area (Å²) in [5.41, 5.74) is 0. The van der Waals surface area contributed by atoms with Crippen molar-refractivity contribution in [3.63, 3.8) is 0 Å². The van der Waals surface area contributed by atoms with E-state index in [-0.39, 0.29) is 116 Å². The molecule has 0 saturated carbocycles. The van der Waals surface area contributed by atoms with Crippen molar-refractivity contribution in [1.82, 2.24) is 0 Å². The first-order valence-electron chi connectivity index (χ1n) is 0. The molecule has 2 nitrogen and oxygen atoms in total. The van der Waals surface area contributed by atoms with Gasteiger partial charge in [-0.3, -0.25) is 0 Å². The van der Waals surface area contributed by atoms with Crippen molar-refractivity contribution in [2.24, 2.45) is 0 Å². The van der Waals surface area contributed by atoms with Crippen LogP contribution < -0.4 is 0 Å². The molecule has 0 bridgehead atoms. The first-order valence-corrected chi connectivity index (χ1v) is 0. The van der Waals surface area contributed by atoms with Crippen molar-refractivity contribution in [3.05, 3.63) is 0 Å². The van der Waals surface area contributed by atoms with Crippen LogP contribution in [0.5, 0.6) is 0 Å². The molecule has 7 heteroatoms. The summed E-state index contributed by atoms with van der Waals surface area (Å²) in [7, 11) is 0. The molecule has 0 aliphatic rings. The van der Waals surface area contributed by atoms with Crippen LogP contribution in [-0.4, -0.2) is 35.4 Å². The predicted octanol–water partition coefficient (Wildman–Crippen LogP) is -1.01. The van der Waals surface area contributed by atoms with Gasteiger partial charge in [0.15, 0.2) is 0 Å². The Bertz CT molecular complexity index is 12.9. The molecule has 59 valence electrons. The molecule has 0 spiro atoms. The Kier molecular flexibility index (Phi) is 684. The van der Waals surface area contributed by atoms with Crippen LogP contribution in [0.3, 0.4) is 0 Å². The Morgan fingerprint density at radius 3 is 0.571 bits per heavy atom. The zero-order valence-electron chi connectivity index (χ0n) is 2.69. The molecule has 7 heavy (non-hydrogen) atoms. The van der Waals surface area contributed by atoms with Crippen molar-refractivity contribution in [2.45, 2.75) is 0 Å². The van der Waals surface area contributed by atoms with E-state index >= 15 is 0 Å². The van der Waals surface area contributed by atoms with Crippen molar-refractivity contribution in [3.8, 4) is 0 Å². The number of thiol groups is 1. The summed E-state index contributed by atoms with van der Waals surface area (Å²) in [6, 6.07) is 0. The quantitative estimate of drug-likeness (QED) is 0.238. The van der Waals surface area contributed by atoms with E-state index in [9.17, 15) is 0 Å². The van der Waals surface area contributed by atoms with Crippen LogP contribution in [0.2, 0.25) is 0 Å². The number of rotatable bonds is 0. The van der Waals surface area contributed by atoms with E-state index in [1.165, 1.54) is 0 Å². The second-order valence-corrected chi connectivity index (χ2v) is 0. The molecule has 0 aliphatic heterocycles. The maximum absolute atomic E-state index is 0. The van der Waals surface area contributed by atoms with E-state index < -0.39 is 0 Å². The molecule has 0 saturated heterocycles. The summed E-state index contributed by atoms with van der Waals surface area (Å²) < 4.78 is 0. The average Bonchev–Trinajstić information content (AvgIpc) is 0. The van der Waals surface area contributed by atoms with Gasteiger partial charge in [-0.2, -0.15) is 0 Å². The van der Waals surface area contributed by atoms with Gasteiger partial charge >= 0.3 is 67.1 Å². The van der Waals surface area contributed by atoms with Crippen molar-refractivity contribution >= 4 is 37.9 Å². The zero-order valence-corrected chi connectivity index (χ0v) is 10.6.